The Morgan fingerprint density at radius 3 is 2.71 bits per heavy atom. The zero-order valence-corrected chi connectivity index (χ0v) is 14.2. The van der Waals surface area contributed by atoms with Crippen LogP contribution in [0.15, 0.2) is 56.7 Å². The Balaban J connectivity index is 2.12. The molecule has 0 fully saturated rings. The average molecular weight is 385 g/mol. The van der Waals surface area contributed by atoms with Crippen molar-refractivity contribution in [3.63, 3.8) is 0 Å². The second kappa shape index (κ2) is 5.55. The summed E-state index contributed by atoms with van der Waals surface area (Å²) in [4.78, 5) is 1.22. The fourth-order valence-electron chi connectivity index (χ4n) is 2.24. The SMILES string of the molecule is Nc1ccc(S(=O)(=O)N2CCSc3ccccc32)c(Br)c1. The number of nitrogens with zero attached hydrogens (tertiary/aromatic N) is 1. The summed E-state index contributed by atoms with van der Waals surface area (Å²) in [5.41, 5.74) is 6.94. The Morgan fingerprint density at radius 1 is 1.19 bits per heavy atom. The summed E-state index contributed by atoms with van der Waals surface area (Å²) in [6.45, 7) is 0.459. The van der Waals surface area contributed by atoms with Gasteiger partial charge in [0.25, 0.3) is 10.0 Å². The molecule has 2 N–H and O–H groups in total. The third-order valence-corrected chi connectivity index (χ3v) is 7.04. The zero-order valence-electron chi connectivity index (χ0n) is 11.0. The summed E-state index contributed by atoms with van der Waals surface area (Å²) in [7, 11) is -3.61. The molecule has 4 nitrogen and oxygen atoms in total. The number of sulfonamides is 1. The highest BCUT2D eigenvalue weighted by Gasteiger charge is 2.30. The summed E-state index contributed by atoms with van der Waals surface area (Å²) in [5.74, 6) is 0.739. The Labute approximate surface area is 136 Å². The van der Waals surface area contributed by atoms with Crippen molar-refractivity contribution in [3.05, 3.63) is 46.9 Å². The molecule has 0 bridgehead atoms. The summed E-state index contributed by atoms with van der Waals surface area (Å²) < 4.78 is 27.8. The molecule has 7 heteroatoms. The van der Waals surface area contributed by atoms with Crippen molar-refractivity contribution in [1.29, 1.82) is 0 Å². The van der Waals surface area contributed by atoms with E-state index in [1.165, 1.54) is 4.31 Å². The largest absolute Gasteiger partial charge is 0.399 e. The van der Waals surface area contributed by atoms with Crippen molar-refractivity contribution in [1.82, 2.24) is 0 Å². The lowest BCUT2D eigenvalue weighted by Gasteiger charge is -2.30. The van der Waals surface area contributed by atoms with Crippen LogP contribution in [0.3, 0.4) is 0 Å². The van der Waals surface area contributed by atoms with Gasteiger partial charge in [0.2, 0.25) is 0 Å². The molecule has 0 spiro atoms. The van der Waals surface area contributed by atoms with Crippen LogP contribution in [0.1, 0.15) is 0 Å². The number of nitrogens with two attached hydrogens (primary N) is 1. The maximum atomic E-state index is 12.9. The first kappa shape index (κ1) is 14.7. The molecule has 1 aliphatic heterocycles. The Bertz CT molecular complexity index is 793. The van der Waals surface area contributed by atoms with Crippen LogP contribution in [0.4, 0.5) is 11.4 Å². The first-order chi connectivity index (χ1) is 10.00. The summed E-state index contributed by atoms with van der Waals surface area (Å²) in [6.07, 6.45) is 0. The summed E-state index contributed by atoms with van der Waals surface area (Å²) >= 11 is 4.97. The molecule has 0 aromatic heterocycles. The smallest absolute Gasteiger partial charge is 0.265 e. The highest BCUT2D eigenvalue weighted by Crippen LogP contribution is 2.38. The number of para-hydroxylation sites is 1. The standard InChI is InChI=1S/C14H13BrN2O2S2/c15-11-9-10(16)5-6-14(11)21(18,19)17-7-8-20-13-4-2-1-3-12(13)17/h1-6,9H,7-8,16H2. The van der Waals surface area contributed by atoms with Gasteiger partial charge in [-0.3, -0.25) is 4.31 Å². The van der Waals surface area contributed by atoms with E-state index in [-0.39, 0.29) is 4.90 Å². The van der Waals surface area contributed by atoms with Crippen LogP contribution in [-0.4, -0.2) is 20.7 Å². The zero-order chi connectivity index (χ0) is 15.0. The molecule has 0 aliphatic carbocycles. The number of hydrogen-bond donors (Lipinski definition) is 1. The molecule has 0 unspecified atom stereocenters. The van der Waals surface area contributed by atoms with E-state index >= 15 is 0 Å². The molecular formula is C14H13BrN2O2S2. The van der Waals surface area contributed by atoms with Gasteiger partial charge in [-0.2, -0.15) is 0 Å². The second-order valence-electron chi connectivity index (χ2n) is 4.58. The van der Waals surface area contributed by atoms with Gasteiger partial charge in [-0.15, -0.1) is 11.8 Å². The van der Waals surface area contributed by atoms with E-state index in [1.807, 2.05) is 24.3 Å². The number of hydrogen-bond acceptors (Lipinski definition) is 4. The fraction of sp³-hybridized carbons (Fsp3) is 0.143. The van der Waals surface area contributed by atoms with Gasteiger partial charge >= 0.3 is 0 Å². The van der Waals surface area contributed by atoms with Gasteiger partial charge in [-0.25, -0.2) is 8.42 Å². The first-order valence-electron chi connectivity index (χ1n) is 6.30. The molecule has 2 aromatic carbocycles. The average Bonchev–Trinajstić information content (AvgIpc) is 2.46. The quantitative estimate of drug-likeness (QED) is 0.806. The van der Waals surface area contributed by atoms with E-state index in [0.717, 1.165) is 16.3 Å². The Hall–Kier alpha value is -1.18. The third kappa shape index (κ3) is 2.65. The molecular weight excluding hydrogens is 372 g/mol. The van der Waals surface area contributed by atoms with Gasteiger partial charge in [0, 0.05) is 27.4 Å². The molecule has 2 aromatic rings. The van der Waals surface area contributed by atoms with Crippen LogP contribution in [-0.2, 0) is 10.0 Å². The fourth-order valence-corrected chi connectivity index (χ4v) is 5.95. The number of benzene rings is 2. The lowest BCUT2D eigenvalue weighted by atomic mass is 10.3. The predicted octanol–water partition coefficient (Wildman–Crippen LogP) is 3.33. The van der Waals surface area contributed by atoms with Crippen molar-refractivity contribution < 1.29 is 8.42 Å². The number of nitrogen functional groups attached to an aromatic ring is 1. The predicted molar refractivity (Wildman–Crippen MR) is 90.3 cm³/mol. The van der Waals surface area contributed by atoms with Crippen LogP contribution in [0, 0.1) is 0 Å². The molecule has 0 atom stereocenters. The van der Waals surface area contributed by atoms with E-state index < -0.39 is 10.0 Å². The third-order valence-electron chi connectivity index (χ3n) is 3.21. The number of rotatable bonds is 2. The van der Waals surface area contributed by atoms with Crippen molar-refractivity contribution in [2.75, 3.05) is 22.3 Å². The summed E-state index contributed by atoms with van der Waals surface area (Å²) in [5, 5.41) is 0. The van der Waals surface area contributed by atoms with Crippen molar-refractivity contribution >= 4 is 49.1 Å². The topological polar surface area (TPSA) is 63.4 Å². The Kier molecular flexibility index (Phi) is 3.90. The molecule has 0 radical (unpaired) electrons. The van der Waals surface area contributed by atoms with Gasteiger partial charge in [0.05, 0.1) is 5.69 Å². The molecule has 1 heterocycles. The van der Waals surface area contributed by atoms with Crippen molar-refractivity contribution in [2.24, 2.45) is 0 Å². The maximum absolute atomic E-state index is 12.9. The van der Waals surface area contributed by atoms with Crippen LogP contribution >= 0.6 is 27.7 Å². The van der Waals surface area contributed by atoms with E-state index in [2.05, 4.69) is 15.9 Å². The minimum absolute atomic E-state index is 0.235. The molecule has 110 valence electrons. The van der Waals surface area contributed by atoms with Gasteiger partial charge in [-0.1, -0.05) is 12.1 Å². The number of fused-ring (bicyclic) bond motifs is 1. The van der Waals surface area contributed by atoms with Gasteiger partial charge in [-0.05, 0) is 46.3 Å². The minimum atomic E-state index is -3.61. The highest BCUT2D eigenvalue weighted by atomic mass is 79.9. The van der Waals surface area contributed by atoms with E-state index in [0.29, 0.717) is 16.7 Å². The van der Waals surface area contributed by atoms with Crippen LogP contribution in [0.25, 0.3) is 0 Å². The Morgan fingerprint density at radius 2 is 1.95 bits per heavy atom. The van der Waals surface area contributed by atoms with Gasteiger partial charge in [0.1, 0.15) is 4.90 Å². The van der Waals surface area contributed by atoms with E-state index in [4.69, 9.17) is 5.73 Å². The number of anilines is 2. The molecule has 3 rings (SSSR count). The van der Waals surface area contributed by atoms with Crippen LogP contribution in [0.5, 0.6) is 0 Å². The lowest BCUT2D eigenvalue weighted by Crippen LogP contribution is -2.35. The maximum Gasteiger partial charge on any atom is 0.265 e. The number of halogens is 1. The first-order valence-corrected chi connectivity index (χ1v) is 9.51. The monoisotopic (exact) mass is 384 g/mol. The summed E-state index contributed by atoms with van der Waals surface area (Å²) in [6, 6.07) is 12.3. The van der Waals surface area contributed by atoms with E-state index in [1.54, 1.807) is 30.0 Å². The van der Waals surface area contributed by atoms with Gasteiger partial charge < -0.3 is 5.73 Å². The molecule has 0 saturated carbocycles. The second-order valence-corrected chi connectivity index (χ2v) is 8.41. The van der Waals surface area contributed by atoms with Crippen molar-refractivity contribution in [3.8, 4) is 0 Å². The van der Waals surface area contributed by atoms with Crippen molar-refractivity contribution in [2.45, 2.75) is 9.79 Å². The van der Waals surface area contributed by atoms with Crippen LogP contribution in [0.2, 0.25) is 0 Å². The lowest BCUT2D eigenvalue weighted by molar-refractivity contribution is 0.591. The highest BCUT2D eigenvalue weighted by molar-refractivity contribution is 9.10. The van der Waals surface area contributed by atoms with Crippen LogP contribution < -0.4 is 10.0 Å². The van der Waals surface area contributed by atoms with E-state index in [9.17, 15) is 8.42 Å². The molecule has 0 saturated heterocycles. The minimum Gasteiger partial charge on any atom is -0.399 e. The molecule has 21 heavy (non-hydrogen) atoms. The van der Waals surface area contributed by atoms with Gasteiger partial charge in [0.15, 0.2) is 0 Å². The normalized spacial score (nSPS) is 14.8. The molecule has 0 amide bonds. The number of thioether (sulfide) groups is 1. The molecule has 1 aliphatic rings.